The van der Waals surface area contributed by atoms with Gasteiger partial charge >= 0.3 is 11.9 Å². The van der Waals surface area contributed by atoms with Gasteiger partial charge in [-0.05, 0) is 24.6 Å². The predicted molar refractivity (Wildman–Crippen MR) is 68.9 cm³/mol. The van der Waals surface area contributed by atoms with E-state index in [0.717, 1.165) is 24.6 Å². The number of hydrogen-bond acceptors (Lipinski definition) is 4. The SMILES string of the molecule is O=C1CC(CCC[SiH2]Oc2ccccc2)C(=O)O1. The number of rotatable bonds is 6. The number of hydrogen-bond donors (Lipinski definition) is 0. The first-order valence-electron chi connectivity index (χ1n) is 6.18. The Kier molecular flexibility index (Phi) is 4.52. The molecule has 2 rings (SSSR count). The van der Waals surface area contributed by atoms with Crippen molar-refractivity contribution in [3.63, 3.8) is 0 Å². The molecule has 18 heavy (non-hydrogen) atoms. The van der Waals surface area contributed by atoms with E-state index in [2.05, 4.69) is 4.74 Å². The third kappa shape index (κ3) is 3.70. The summed E-state index contributed by atoms with van der Waals surface area (Å²) >= 11 is 0. The van der Waals surface area contributed by atoms with Crippen molar-refractivity contribution in [2.45, 2.75) is 25.3 Å². The van der Waals surface area contributed by atoms with Crippen molar-refractivity contribution in [2.75, 3.05) is 0 Å². The molecule has 0 spiro atoms. The van der Waals surface area contributed by atoms with Crippen LogP contribution in [0.2, 0.25) is 6.04 Å². The first kappa shape index (κ1) is 12.8. The van der Waals surface area contributed by atoms with E-state index >= 15 is 0 Å². The van der Waals surface area contributed by atoms with Crippen molar-refractivity contribution < 1.29 is 18.8 Å². The summed E-state index contributed by atoms with van der Waals surface area (Å²) in [5, 5.41) is 0. The van der Waals surface area contributed by atoms with Crippen LogP contribution in [0.3, 0.4) is 0 Å². The lowest BCUT2D eigenvalue weighted by atomic mass is 10.0. The normalized spacial score (nSPS) is 19.4. The minimum Gasteiger partial charge on any atom is -0.549 e. The fraction of sp³-hybridized carbons (Fsp3) is 0.385. The molecule has 1 aromatic carbocycles. The van der Waals surface area contributed by atoms with Gasteiger partial charge in [0.05, 0.1) is 12.3 Å². The average Bonchev–Trinajstić information content (AvgIpc) is 2.69. The minimum absolute atomic E-state index is 0.219. The molecule has 0 saturated carbocycles. The van der Waals surface area contributed by atoms with Crippen molar-refractivity contribution >= 4 is 21.7 Å². The van der Waals surface area contributed by atoms with Gasteiger partial charge in [-0.1, -0.05) is 24.6 Å². The summed E-state index contributed by atoms with van der Waals surface area (Å²) in [5.74, 6) is -0.0451. The van der Waals surface area contributed by atoms with Gasteiger partial charge in [-0.25, -0.2) is 0 Å². The van der Waals surface area contributed by atoms with E-state index in [4.69, 9.17) is 4.43 Å². The fourth-order valence-electron chi connectivity index (χ4n) is 1.94. The van der Waals surface area contributed by atoms with Gasteiger partial charge in [0.25, 0.3) is 0 Å². The molecule has 1 aliphatic heterocycles. The van der Waals surface area contributed by atoms with Crippen LogP contribution in [-0.4, -0.2) is 21.7 Å². The largest absolute Gasteiger partial charge is 0.549 e. The maximum Gasteiger partial charge on any atom is 0.317 e. The van der Waals surface area contributed by atoms with Gasteiger partial charge in [0.1, 0.15) is 5.75 Å². The second kappa shape index (κ2) is 6.35. The second-order valence-corrected chi connectivity index (χ2v) is 5.76. The summed E-state index contributed by atoms with van der Waals surface area (Å²) in [5.41, 5.74) is 0. The minimum atomic E-state index is -0.592. The van der Waals surface area contributed by atoms with Gasteiger partial charge in [-0.3, -0.25) is 9.59 Å². The molecular formula is C13H16O4Si. The Bertz CT molecular complexity index is 418. The number of ether oxygens (including phenoxy) is 1. The topological polar surface area (TPSA) is 52.6 Å². The van der Waals surface area contributed by atoms with E-state index in [-0.39, 0.29) is 24.3 Å². The summed E-state index contributed by atoms with van der Waals surface area (Å²) in [6, 6.07) is 10.7. The molecule has 0 radical (unpaired) electrons. The van der Waals surface area contributed by atoms with Crippen molar-refractivity contribution in [3.8, 4) is 5.75 Å². The van der Waals surface area contributed by atoms with Gasteiger partial charge in [-0.15, -0.1) is 0 Å². The van der Waals surface area contributed by atoms with Crippen molar-refractivity contribution in [1.82, 2.24) is 0 Å². The van der Waals surface area contributed by atoms with E-state index in [1.807, 2.05) is 30.3 Å². The molecule has 0 aromatic heterocycles. The van der Waals surface area contributed by atoms with Gasteiger partial charge < -0.3 is 9.16 Å². The summed E-state index contributed by atoms with van der Waals surface area (Å²) in [6.45, 7) is 0. The third-order valence-electron chi connectivity index (χ3n) is 2.92. The lowest BCUT2D eigenvalue weighted by Gasteiger charge is -2.06. The van der Waals surface area contributed by atoms with E-state index in [1.165, 1.54) is 0 Å². The van der Waals surface area contributed by atoms with Crippen LogP contribution in [0.25, 0.3) is 0 Å². The zero-order valence-electron chi connectivity index (χ0n) is 10.1. The van der Waals surface area contributed by atoms with Crippen LogP contribution in [0, 0.1) is 5.92 Å². The van der Waals surface area contributed by atoms with Gasteiger partial charge in [0, 0.05) is 0 Å². The molecule has 4 nitrogen and oxygen atoms in total. The maximum absolute atomic E-state index is 11.2. The lowest BCUT2D eigenvalue weighted by molar-refractivity contribution is -0.153. The lowest BCUT2D eigenvalue weighted by Crippen LogP contribution is -2.08. The molecule has 0 bridgehead atoms. The Labute approximate surface area is 108 Å². The molecule has 1 fully saturated rings. The Morgan fingerprint density at radius 2 is 2.06 bits per heavy atom. The molecule has 96 valence electrons. The van der Waals surface area contributed by atoms with Crippen LogP contribution in [0.5, 0.6) is 5.75 Å². The van der Waals surface area contributed by atoms with E-state index in [1.54, 1.807) is 0 Å². The number of cyclic esters (lactones) is 2. The second-order valence-electron chi connectivity index (χ2n) is 4.35. The molecule has 1 aliphatic rings. The highest BCUT2D eigenvalue weighted by Crippen LogP contribution is 2.21. The number of carbonyl (C=O) groups is 2. The standard InChI is InChI=1S/C13H16O4Si/c14-12-9-10(13(15)16-12)5-4-8-18-17-11-6-2-1-3-7-11/h1-3,6-7,10H,4-5,8-9,18H2. The molecule has 1 saturated heterocycles. The molecule has 0 aliphatic carbocycles. The first-order chi connectivity index (χ1) is 8.75. The van der Waals surface area contributed by atoms with Crippen molar-refractivity contribution in [3.05, 3.63) is 30.3 Å². The van der Waals surface area contributed by atoms with Gasteiger partial charge in [-0.2, -0.15) is 0 Å². The Balaban J connectivity index is 1.59. The number of para-hydroxylation sites is 1. The maximum atomic E-state index is 11.2. The van der Waals surface area contributed by atoms with E-state index in [0.29, 0.717) is 0 Å². The predicted octanol–water partition coefficient (Wildman–Crippen LogP) is 1.44. The molecule has 5 heteroatoms. The number of esters is 2. The van der Waals surface area contributed by atoms with Crippen molar-refractivity contribution in [1.29, 1.82) is 0 Å². The monoisotopic (exact) mass is 264 g/mol. The van der Waals surface area contributed by atoms with Crippen LogP contribution in [0.15, 0.2) is 30.3 Å². The van der Waals surface area contributed by atoms with Crippen LogP contribution in [0.1, 0.15) is 19.3 Å². The molecular weight excluding hydrogens is 248 g/mol. The van der Waals surface area contributed by atoms with E-state index < -0.39 is 9.76 Å². The quantitative estimate of drug-likeness (QED) is 0.338. The Morgan fingerprint density at radius 1 is 1.28 bits per heavy atom. The molecule has 0 amide bonds. The first-order valence-corrected chi connectivity index (χ1v) is 7.76. The zero-order chi connectivity index (χ0) is 12.8. The Morgan fingerprint density at radius 3 is 2.72 bits per heavy atom. The number of benzene rings is 1. The van der Waals surface area contributed by atoms with Crippen LogP contribution >= 0.6 is 0 Å². The van der Waals surface area contributed by atoms with Gasteiger partial charge in [0.2, 0.25) is 9.76 Å². The summed E-state index contributed by atoms with van der Waals surface area (Å²) < 4.78 is 10.2. The highest BCUT2D eigenvalue weighted by Gasteiger charge is 2.32. The molecule has 0 N–H and O–H groups in total. The average molecular weight is 264 g/mol. The zero-order valence-corrected chi connectivity index (χ0v) is 11.5. The van der Waals surface area contributed by atoms with Crippen LogP contribution < -0.4 is 4.43 Å². The fourth-order valence-corrected chi connectivity index (χ4v) is 3.01. The summed E-state index contributed by atoms with van der Waals surface area (Å²) in [4.78, 5) is 22.1. The Hall–Kier alpha value is -1.62. The molecule has 1 unspecified atom stereocenters. The molecule has 1 aromatic rings. The van der Waals surface area contributed by atoms with Crippen molar-refractivity contribution in [2.24, 2.45) is 5.92 Å². The highest BCUT2D eigenvalue weighted by atomic mass is 28.2. The number of carbonyl (C=O) groups excluding carboxylic acids is 2. The smallest absolute Gasteiger partial charge is 0.317 e. The van der Waals surface area contributed by atoms with Crippen LogP contribution in [0.4, 0.5) is 0 Å². The third-order valence-corrected chi connectivity index (χ3v) is 4.25. The molecule has 1 atom stereocenters. The van der Waals surface area contributed by atoms with Gasteiger partial charge in [0.15, 0.2) is 0 Å². The van der Waals surface area contributed by atoms with Crippen LogP contribution in [-0.2, 0) is 14.3 Å². The summed E-state index contributed by atoms with van der Waals surface area (Å²) in [6.07, 6.45) is 1.90. The highest BCUT2D eigenvalue weighted by molar-refractivity contribution is 6.28. The summed E-state index contributed by atoms with van der Waals surface area (Å²) in [7, 11) is -0.592. The molecule has 1 heterocycles. The van der Waals surface area contributed by atoms with E-state index in [9.17, 15) is 9.59 Å².